The number of halogens is 5. The van der Waals surface area contributed by atoms with Crippen LogP contribution in [0.1, 0.15) is 37.7 Å². The lowest BCUT2D eigenvalue weighted by atomic mass is 10.0. The number of ether oxygens (including phenoxy) is 1. The van der Waals surface area contributed by atoms with Crippen molar-refractivity contribution in [2.24, 2.45) is 0 Å². The van der Waals surface area contributed by atoms with Gasteiger partial charge in [-0.1, -0.05) is 12.1 Å². The fraction of sp³-hybridized carbons (Fsp3) is 0.588. The van der Waals surface area contributed by atoms with E-state index in [0.29, 0.717) is 0 Å². The normalized spacial score (nSPS) is 12.1. The predicted molar refractivity (Wildman–Crippen MR) is 83.7 cm³/mol. The van der Waals surface area contributed by atoms with E-state index < -0.39 is 24.9 Å². The first kappa shape index (κ1) is 21.2. The van der Waals surface area contributed by atoms with Gasteiger partial charge in [-0.15, -0.1) is 0 Å². The quantitative estimate of drug-likeness (QED) is 0.465. The highest BCUT2D eigenvalue weighted by molar-refractivity contribution is 5.75. The van der Waals surface area contributed by atoms with Crippen LogP contribution in [-0.4, -0.2) is 37.7 Å². The average Bonchev–Trinajstić information content (AvgIpc) is 2.50. The van der Waals surface area contributed by atoms with Gasteiger partial charge < -0.3 is 9.64 Å². The third kappa shape index (κ3) is 8.18. The molecule has 0 aliphatic carbocycles. The number of carbonyl (C=O) groups excluding carboxylic acids is 1. The molecule has 0 radical (unpaired) electrons. The van der Waals surface area contributed by atoms with Gasteiger partial charge in [-0.2, -0.15) is 13.2 Å². The fourth-order valence-electron chi connectivity index (χ4n) is 2.11. The molecule has 0 aliphatic heterocycles. The maximum absolute atomic E-state index is 14.2. The van der Waals surface area contributed by atoms with E-state index in [9.17, 15) is 26.7 Å². The molecule has 0 N–H and O–H groups in total. The van der Waals surface area contributed by atoms with E-state index in [1.807, 2.05) is 0 Å². The predicted octanol–water partition coefficient (Wildman–Crippen LogP) is 4.76. The van der Waals surface area contributed by atoms with Crippen LogP contribution < -0.4 is 4.74 Å². The van der Waals surface area contributed by atoms with E-state index in [1.165, 1.54) is 23.1 Å². The van der Waals surface area contributed by atoms with Gasteiger partial charge in [-0.3, -0.25) is 4.79 Å². The maximum Gasteiger partial charge on any atom is 0.389 e. The van der Waals surface area contributed by atoms with Gasteiger partial charge in [-0.25, -0.2) is 8.78 Å². The largest absolute Gasteiger partial charge is 0.494 e. The molecule has 0 spiro atoms. The van der Waals surface area contributed by atoms with Crippen molar-refractivity contribution in [1.29, 1.82) is 0 Å². The Bertz CT molecular complexity index is 558. The number of hydrogen-bond acceptors (Lipinski definition) is 2. The molecule has 0 unspecified atom stereocenters. The summed E-state index contributed by atoms with van der Waals surface area (Å²) in [5.74, 6) is -3.26. The Hall–Kier alpha value is -1.86. The third-order valence-electron chi connectivity index (χ3n) is 3.51. The highest BCUT2D eigenvalue weighted by Crippen LogP contribution is 2.35. The molecule has 3 nitrogen and oxygen atoms in total. The Morgan fingerprint density at radius 3 is 2.36 bits per heavy atom. The van der Waals surface area contributed by atoms with Crippen LogP contribution >= 0.6 is 0 Å². The molecule has 1 aromatic rings. The van der Waals surface area contributed by atoms with Crippen molar-refractivity contribution >= 4 is 5.91 Å². The van der Waals surface area contributed by atoms with Crippen LogP contribution in [0.4, 0.5) is 22.0 Å². The highest BCUT2D eigenvalue weighted by Gasteiger charge is 2.31. The molecule has 0 bridgehead atoms. The van der Waals surface area contributed by atoms with E-state index >= 15 is 0 Å². The lowest BCUT2D eigenvalue weighted by Gasteiger charge is -2.18. The molecule has 25 heavy (non-hydrogen) atoms. The van der Waals surface area contributed by atoms with Crippen LogP contribution in [0.2, 0.25) is 0 Å². The van der Waals surface area contributed by atoms with Crippen molar-refractivity contribution in [2.75, 3.05) is 20.7 Å². The SMILES string of the molecule is CN(C)C(=O)CCCC(F)(F)c1cccc(OCCCC(F)(F)F)c1. The van der Waals surface area contributed by atoms with Crippen LogP contribution in [0.5, 0.6) is 5.75 Å². The number of rotatable bonds is 9. The van der Waals surface area contributed by atoms with E-state index in [1.54, 1.807) is 14.1 Å². The molecule has 0 atom stereocenters. The second-order valence-electron chi connectivity index (χ2n) is 5.94. The molecule has 0 heterocycles. The van der Waals surface area contributed by atoms with Crippen molar-refractivity contribution < 1.29 is 31.5 Å². The van der Waals surface area contributed by atoms with Crippen LogP contribution in [0, 0.1) is 0 Å². The summed E-state index contributed by atoms with van der Waals surface area (Å²) in [4.78, 5) is 12.8. The Morgan fingerprint density at radius 1 is 1.08 bits per heavy atom. The molecular formula is C17H22F5NO2. The molecule has 1 rings (SSSR count). The van der Waals surface area contributed by atoms with E-state index in [2.05, 4.69) is 0 Å². The fourth-order valence-corrected chi connectivity index (χ4v) is 2.11. The number of hydrogen-bond donors (Lipinski definition) is 0. The van der Waals surface area contributed by atoms with Gasteiger partial charge in [-0.05, 0) is 25.0 Å². The molecule has 8 heteroatoms. The Morgan fingerprint density at radius 2 is 1.76 bits per heavy atom. The number of benzene rings is 1. The summed E-state index contributed by atoms with van der Waals surface area (Å²) in [6.07, 6.45) is -5.93. The lowest BCUT2D eigenvalue weighted by Crippen LogP contribution is -2.22. The lowest BCUT2D eigenvalue weighted by molar-refractivity contribution is -0.136. The van der Waals surface area contributed by atoms with Crippen LogP contribution in [-0.2, 0) is 10.7 Å². The number of amides is 1. The molecule has 0 saturated carbocycles. The summed E-state index contributed by atoms with van der Waals surface area (Å²) in [6, 6.07) is 5.15. The molecule has 1 aromatic carbocycles. The van der Waals surface area contributed by atoms with E-state index in [4.69, 9.17) is 4.74 Å². The van der Waals surface area contributed by atoms with E-state index in [0.717, 1.165) is 6.07 Å². The van der Waals surface area contributed by atoms with Gasteiger partial charge in [0.05, 0.1) is 6.61 Å². The van der Waals surface area contributed by atoms with Crippen LogP contribution in [0.3, 0.4) is 0 Å². The smallest absolute Gasteiger partial charge is 0.389 e. The van der Waals surface area contributed by atoms with E-state index in [-0.39, 0.29) is 43.1 Å². The first-order valence-electron chi connectivity index (χ1n) is 7.89. The zero-order chi connectivity index (χ0) is 19.1. The van der Waals surface area contributed by atoms with Gasteiger partial charge in [0.2, 0.25) is 5.91 Å². The Balaban J connectivity index is 2.55. The van der Waals surface area contributed by atoms with Crippen molar-refractivity contribution in [3.63, 3.8) is 0 Å². The van der Waals surface area contributed by atoms with Crippen molar-refractivity contribution in [3.8, 4) is 5.75 Å². The van der Waals surface area contributed by atoms with Crippen molar-refractivity contribution in [1.82, 2.24) is 4.90 Å². The molecule has 0 fully saturated rings. The minimum absolute atomic E-state index is 0.0240. The first-order chi connectivity index (χ1) is 11.5. The topological polar surface area (TPSA) is 29.5 Å². The van der Waals surface area contributed by atoms with Crippen LogP contribution in [0.15, 0.2) is 24.3 Å². The maximum atomic E-state index is 14.2. The molecular weight excluding hydrogens is 345 g/mol. The van der Waals surface area contributed by atoms with Gasteiger partial charge in [0, 0.05) is 38.9 Å². The number of carbonyl (C=O) groups is 1. The molecule has 0 aromatic heterocycles. The summed E-state index contributed by atoms with van der Waals surface area (Å²) < 4.78 is 69.7. The number of nitrogens with zero attached hydrogens (tertiary/aromatic N) is 1. The average molecular weight is 367 g/mol. The minimum Gasteiger partial charge on any atom is -0.494 e. The summed E-state index contributed by atoms with van der Waals surface area (Å²) in [7, 11) is 3.11. The molecule has 0 saturated heterocycles. The second-order valence-corrected chi connectivity index (χ2v) is 5.94. The monoisotopic (exact) mass is 367 g/mol. The van der Waals surface area contributed by atoms with Gasteiger partial charge in [0.1, 0.15) is 5.75 Å². The standard InChI is InChI=1S/C17H22F5NO2/c1-23(2)15(24)8-4-9-16(18,19)13-6-3-7-14(12-13)25-11-5-10-17(20,21)22/h3,6-7,12H,4-5,8-11H2,1-2H3. The number of alkyl halides is 5. The summed E-state index contributed by atoms with van der Waals surface area (Å²) in [5, 5.41) is 0. The first-order valence-corrected chi connectivity index (χ1v) is 7.89. The zero-order valence-electron chi connectivity index (χ0n) is 14.2. The Kier molecular flexibility index (Phi) is 7.63. The second kappa shape index (κ2) is 9.01. The zero-order valence-corrected chi connectivity index (χ0v) is 14.2. The summed E-state index contributed by atoms with van der Waals surface area (Å²) in [5.41, 5.74) is -0.280. The molecule has 1 amide bonds. The minimum atomic E-state index is -4.26. The summed E-state index contributed by atoms with van der Waals surface area (Å²) >= 11 is 0. The van der Waals surface area contributed by atoms with Gasteiger partial charge >= 0.3 is 6.18 Å². The molecule has 142 valence electrons. The third-order valence-corrected chi connectivity index (χ3v) is 3.51. The van der Waals surface area contributed by atoms with Crippen LogP contribution in [0.25, 0.3) is 0 Å². The molecule has 0 aliphatic rings. The highest BCUT2D eigenvalue weighted by atomic mass is 19.4. The van der Waals surface area contributed by atoms with Crippen molar-refractivity contribution in [2.45, 2.75) is 44.2 Å². The van der Waals surface area contributed by atoms with Gasteiger partial charge in [0.25, 0.3) is 5.92 Å². The Labute approximate surface area is 143 Å². The summed E-state index contributed by atoms with van der Waals surface area (Å²) in [6.45, 7) is -0.203. The van der Waals surface area contributed by atoms with Gasteiger partial charge in [0.15, 0.2) is 0 Å². The van der Waals surface area contributed by atoms with Crippen molar-refractivity contribution in [3.05, 3.63) is 29.8 Å².